The van der Waals surface area contributed by atoms with Crippen LogP contribution in [-0.4, -0.2) is 33.0 Å². The minimum atomic E-state index is -1.32. The van der Waals surface area contributed by atoms with E-state index >= 15 is 0 Å². The first-order valence-corrected chi connectivity index (χ1v) is 9.14. The second-order valence-electron chi connectivity index (χ2n) is 6.85. The molecule has 0 saturated carbocycles. The van der Waals surface area contributed by atoms with Crippen LogP contribution in [0.1, 0.15) is 34.2 Å². The number of esters is 1. The van der Waals surface area contributed by atoms with Gasteiger partial charge in [-0.15, -0.1) is 5.10 Å². The van der Waals surface area contributed by atoms with Gasteiger partial charge in [-0.05, 0) is 51.5 Å². The van der Waals surface area contributed by atoms with E-state index in [2.05, 4.69) is 15.5 Å². The molecule has 1 amide bonds. The third kappa shape index (κ3) is 4.35. The summed E-state index contributed by atoms with van der Waals surface area (Å²) in [6.07, 6.45) is -1.32. The van der Waals surface area contributed by atoms with Gasteiger partial charge in [-0.3, -0.25) is 4.79 Å². The fourth-order valence-corrected chi connectivity index (χ4v) is 2.82. The highest BCUT2D eigenvalue weighted by molar-refractivity contribution is 5.97. The molecule has 1 atom stereocenters. The zero-order valence-corrected chi connectivity index (χ0v) is 16.9. The fraction of sp³-hybridized carbons (Fsp3) is 0.238. The van der Waals surface area contributed by atoms with E-state index in [1.54, 1.807) is 6.92 Å². The van der Waals surface area contributed by atoms with E-state index in [1.165, 1.54) is 17.8 Å². The van der Waals surface area contributed by atoms with E-state index < -0.39 is 35.3 Å². The summed E-state index contributed by atoms with van der Waals surface area (Å²) in [5, 5.41) is 10.5. The van der Waals surface area contributed by atoms with E-state index in [0.717, 1.165) is 23.3 Å². The first-order chi connectivity index (χ1) is 14.2. The Bertz CT molecular complexity index is 1110. The maximum Gasteiger partial charge on any atom is 0.361 e. The SMILES string of the molecule is Cc1ccc(-n2nc(C)c(C(=O)O[C@H](C)C(=O)Nc3c(F)cccc3F)n2)c(C)c1. The molecule has 0 spiro atoms. The summed E-state index contributed by atoms with van der Waals surface area (Å²) in [5.74, 6) is -3.63. The van der Waals surface area contributed by atoms with Crippen molar-refractivity contribution in [3.63, 3.8) is 0 Å². The number of benzene rings is 2. The summed E-state index contributed by atoms with van der Waals surface area (Å²) in [6, 6.07) is 8.87. The van der Waals surface area contributed by atoms with Gasteiger partial charge in [-0.2, -0.15) is 9.90 Å². The van der Waals surface area contributed by atoms with Crippen LogP contribution in [0.3, 0.4) is 0 Å². The third-order valence-electron chi connectivity index (χ3n) is 4.41. The molecule has 0 fully saturated rings. The molecule has 1 N–H and O–H groups in total. The predicted octanol–water partition coefficient (Wildman–Crippen LogP) is 3.65. The van der Waals surface area contributed by atoms with Crippen LogP contribution in [0.25, 0.3) is 5.69 Å². The quantitative estimate of drug-likeness (QED) is 0.644. The highest BCUT2D eigenvalue weighted by Crippen LogP contribution is 2.19. The van der Waals surface area contributed by atoms with Crippen LogP contribution >= 0.6 is 0 Å². The summed E-state index contributed by atoms with van der Waals surface area (Å²) < 4.78 is 32.5. The number of hydrogen-bond donors (Lipinski definition) is 1. The number of nitrogens with zero attached hydrogens (tertiary/aromatic N) is 3. The predicted molar refractivity (Wildman–Crippen MR) is 105 cm³/mol. The summed E-state index contributed by atoms with van der Waals surface area (Å²) in [4.78, 5) is 26.0. The summed E-state index contributed by atoms with van der Waals surface area (Å²) in [6.45, 7) is 6.73. The van der Waals surface area contributed by atoms with Crippen molar-refractivity contribution in [3.8, 4) is 5.69 Å². The largest absolute Gasteiger partial charge is 0.448 e. The number of rotatable bonds is 5. The molecule has 30 heavy (non-hydrogen) atoms. The Kier molecular flexibility index (Phi) is 5.91. The van der Waals surface area contributed by atoms with Gasteiger partial charge in [0.25, 0.3) is 5.91 Å². The molecule has 0 aliphatic rings. The molecule has 9 heteroatoms. The number of para-hydroxylation sites is 1. The summed E-state index contributed by atoms with van der Waals surface area (Å²) in [5.41, 5.74) is 2.33. The monoisotopic (exact) mass is 414 g/mol. The van der Waals surface area contributed by atoms with Crippen molar-refractivity contribution in [2.45, 2.75) is 33.8 Å². The van der Waals surface area contributed by atoms with Crippen LogP contribution in [0.5, 0.6) is 0 Å². The van der Waals surface area contributed by atoms with Crippen LogP contribution in [0.2, 0.25) is 0 Å². The second-order valence-corrected chi connectivity index (χ2v) is 6.85. The van der Waals surface area contributed by atoms with E-state index in [0.29, 0.717) is 11.4 Å². The van der Waals surface area contributed by atoms with E-state index in [-0.39, 0.29) is 5.69 Å². The maximum atomic E-state index is 13.7. The van der Waals surface area contributed by atoms with Gasteiger partial charge in [-0.1, -0.05) is 23.8 Å². The Morgan fingerprint density at radius 1 is 1.07 bits per heavy atom. The van der Waals surface area contributed by atoms with Crippen molar-refractivity contribution >= 4 is 17.6 Å². The number of amides is 1. The van der Waals surface area contributed by atoms with Gasteiger partial charge in [0.1, 0.15) is 17.3 Å². The molecule has 0 aliphatic carbocycles. The average molecular weight is 414 g/mol. The van der Waals surface area contributed by atoms with E-state index in [1.807, 2.05) is 32.0 Å². The minimum Gasteiger partial charge on any atom is -0.448 e. The van der Waals surface area contributed by atoms with Crippen molar-refractivity contribution in [1.29, 1.82) is 0 Å². The Morgan fingerprint density at radius 2 is 1.73 bits per heavy atom. The van der Waals surface area contributed by atoms with Gasteiger partial charge in [0.2, 0.25) is 0 Å². The number of halogens is 2. The van der Waals surface area contributed by atoms with Crippen LogP contribution in [-0.2, 0) is 9.53 Å². The van der Waals surface area contributed by atoms with Gasteiger partial charge in [0.05, 0.1) is 11.4 Å². The van der Waals surface area contributed by atoms with Crippen LogP contribution < -0.4 is 5.32 Å². The third-order valence-corrected chi connectivity index (χ3v) is 4.41. The molecule has 156 valence electrons. The number of aromatic nitrogens is 3. The van der Waals surface area contributed by atoms with Crippen LogP contribution in [0.4, 0.5) is 14.5 Å². The molecule has 1 heterocycles. The Hall–Kier alpha value is -3.62. The minimum absolute atomic E-state index is 0.0632. The van der Waals surface area contributed by atoms with Crippen molar-refractivity contribution < 1.29 is 23.1 Å². The molecular weight excluding hydrogens is 394 g/mol. The lowest BCUT2D eigenvalue weighted by Crippen LogP contribution is -2.31. The topological polar surface area (TPSA) is 86.1 Å². The highest BCUT2D eigenvalue weighted by atomic mass is 19.1. The van der Waals surface area contributed by atoms with Gasteiger partial charge < -0.3 is 10.1 Å². The first kappa shape index (κ1) is 21.1. The van der Waals surface area contributed by atoms with E-state index in [9.17, 15) is 18.4 Å². The molecule has 3 aromatic rings. The number of aryl methyl sites for hydroxylation is 3. The van der Waals surface area contributed by atoms with Crippen molar-refractivity contribution in [2.24, 2.45) is 0 Å². The molecular formula is C21H20F2N4O3. The Morgan fingerprint density at radius 3 is 2.37 bits per heavy atom. The summed E-state index contributed by atoms with van der Waals surface area (Å²) in [7, 11) is 0. The number of carbonyl (C=O) groups excluding carboxylic acids is 2. The molecule has 0 aliphatic heterocycles. The van der Waals surface area contributed by atoms with Crippen molar-refractivity contribution in [2.75, 3.05) is 5.32 Å². The molecule has 0 saturated heterocycles. The number of anilines is 1. The highest BCUT2D eigenvalue weighted by Gasteiger charge is 2.25. The molecule has 0 radical (unpaired) electrons. The first-order valence-electron chi connectivity index (χ1n) is 9.14. The van der Waals surface area contributed by atoms with Gasteiger partial charge >= 0.3 is 5.97 Å². The standard InChI is InChI=1S/C21H20F2N4O3/c1-11-8-9-17(12(2)10-11)27-25-13(3)18(26-27)21(29)30-14(4)20(28)24-19-15(22)6-5-7-16(19)23/h5-10,14H,1-4H3,(H,24,28)/t14-/m1/s1. The molecule has 0 unspecified atom stereocenters. The van der Waals surface area contributed by atoms with Gasteiger partial charge in [0.15, 0.2) is 11.8 Å². The normalized spacial score (nSPS) is 11.8. The fourth-order valence-electron chi connectivity index (χ4n) is 2.82. The Labute approximate surface area is 171 Å². The number of ether oxygens (including phenoxy) is 1. The van der Waals surface area contributed by atoms with Crippen molar-refractivity contribution in [1.82, 2.24) is 15.0 Å². The zero-order valence-electron chi connectivity index (χ0n) is 16.9. The zero-order chi connectivity index (χ0) is 22.0. The van der Waals surface area contributed by atoms with Crippen LogP contribution in [0, 0.1) is 32.4 Å². The second kappa shape index (κ2) is 8.40. The maximum absolute atomic E-state index is 13.7. The molecule has 2 aromatic carbocycles. The van der Waals surface area contributed by atoms with Gasteiger partial charge in [0, 0.05) is 0 Å². The molecule has 0 bridgehead atoms. The summed E-state index contributed by atoms with van der Waals surface area (Å²) >= 11 is 0. The van der Waals surface area contributed by atoms with Crippen LogP contribution in [0.15, 0.2) is 36.4 Å². The Balaban J connectivity index is 1.74. The molecule has 7 nitrogen and oxygen atoms in total. The number of carbonyl (C=O) groups is 2. The lowest BCUT2D eigenvalue weighted by atomic mass is 10.1. The number of nitrogens with one attached hydrogen (secondary N) is 1. The molecule has 3 rings (SSSR count). The van der Waals surface area contributed by atoms with E-state index in [4.69, 9.17) is 4.74 Å². The van der Waals surface area contributed by atoms with Crippen molar-refractivity contribution in [3.05, 3.63) is 70.5 Å². The number of hydrogen-bond acceptors (Lipinski definition) is 5. The lowest BCUT2D eigenvalue weighted by molar-refractivity contribution is -0.123. The lowest BCUT2D eigenvalue weighted by Gasteiger charge is -2.13. The van der Waals surface area contributed by atoms with Gasteiger partial charge in [-0.25, -0.2) is 13.6 Å². The smallest absolute Gasteiger partial charge is 0.361 e. The molecule has 1 aromatic heterocycles. The average Bonchev–Trinajstić information content (AvgIpc) is 3.06.